The van der Waals surface area contributed by atoms with Crippen molar-refractivity contribution in [3.8, 4) is 0 Å². The molecule has 0 aromatic rings. The van der Waals surface area contributed by atoms with Crippen LogP contribution in [0.2, 0.25) is 11.1 Å². The summed E-state index contributed by atoms with van der Waals surface area (Å²) in [6.45, 7) is 10.5. The van der Waals surface area contributed by atoms with Gasteiger partial charge in [-0.25, -0.2) is 0 Å². The maximum Gasteiger partial charge on any atom is 0.344 e. The standard InChI is InChI=1S/C13H28O2Si/c1-5-8-9-12(4)16(14-6-2,15-7-3)13-10-11-13/h12-13H,5-11H2,1-4H3. The minimum atomic E-state index is -1.90. The molecule has 0 amide bonds. The Morgan fingerprint density at radius 3 is 2.06 bits per heavy atom. The van der Waals surface area contributed by atoms with Crippen molar-refractivity contribution in [3.05, 3.63) is 0 Å². The first kappa shape index (κ1) is 14.2. The maximum atomic E-state index is 6.17. The molecule has 0 N–H and O–H groups in total. The molecule has 1 unspecified atom stereocenters. The van der Waals surface area contributed by atoms with E-state index in [1.807, 2.05) is 0 Å². The number of unbranched alkanes of at least 4 members (excludes halogenated alkanes) is 1. The predicted octanol–water partition coefficient (Wildman–Crippen LogP) is 4.25. The minimum Gasteiger partial charge on any atom is -0.394 e. The third-order valence-electron chi connectivity index (χ3n) is 3.56. The van der Waals surface area contributed by atoms with Crippen molar-refractivity contribution in [2.45, 2.75) is 70.9 Å². The van der Waals surface area contributed by atoms with E-state index in [0.717, 1.165) is 18.8 Å². The Bertz CT molecular complexity index is 186. The molecule has 0 aromatic carbocycles. The van der Waals surface area contributed by atoms with Gasteiger partial charge >= 0.3 is 8.56 Å². The molecule has 2 nitrogen and oxygen atoms in total. The Labute approximate surface area is 102 Å². The van der Waals surface area contributed by atoms with Gasteiger partial charge in [-0.15, -0.1) is 0 Å². The highest BCUT2D eigenvalue weighted by atomic mass is 28.4. The van der Waals surface area contributed by atoms with E-state index in [1.165, 1.54) is 32.1 Å². The molecular weight excluding hydrogens is 216 g/mol. The minimum absolute atomic E-state index is 0.653. The molecule has 0 spiro atoms. The summed E-state index contributed by atoms with van der Waals surface area (Å²) in [5, 5.41) is 0. The van der Waals surface area contributed by atoms with Crippen molar-refractivity contribution in [2.75, 3.05) is 13.2 Å². The lowest BCUT2D eigenvalue weighted by molar-refractivity contribution is 0.169. The first-order valence-electron chi connectivity index (χ1n) is 6.99. The Balaban J connectivity index is 2.65. The van der Waals surface area contributed by atoms with Crippen LogP contribution in [0.3, 0.4) is 0 Å². The highest BCUT2D eigenvalue weighted by Crippen LogP contribution is 2.52. The lowest BCUT2D eigenvalue weighted by Crippen LogP contribution is -2.47. The quantitative estimate of drug-likeness (QED) is 0.565. The second-order valence-electron chi connectivity index (χ2n) is 4.90. The van der Waals surface area contributed by atoms with Gasteiger partial charge in [-0.3, -0.25) is 0 Å². The maximum absolute atomic E-state index is 6.17. The van der Waals surface area contributed by atoms with Crippen LogP contribution in [-0.2, 0) is 8.85 Å². The van der Waals surface area contributed by atoms with Gasteiger partial charge < -0.3 is 8.85 Å². The highest BCUT2D eigenvalue weighted by molar-refractivity contribution is 6.71. The van der Waals surface area contributed by atoms with Crippen LogP contribution in [0.15, 0.2) is 0 Å². The van der Waals surface area contributed by atoms with Crippen LogP contribution in [0.4, 0.5) is 0 Å². The predicted molar refractivity (Wildman–Crippen MR) is 70.9 cm³/mol. The lowest BCUT2D eigenvalue weighted by atomic mass is 10.2. The molecule has 0 radical (unpaired) electrons. The van der Waals surface area contributed by atoms with E-state index >= 15 is 0 Å². The lowest BCUT2D eigenvalue weighted by Gasteiger charge is -2.35. The summed E-state index contributed by atoms with van der Waals surface area (Å²) in [7, 11) is -1.90. The molecule has 96 valence electrons. The van der Waals surface area contributed by atoms with Crippen LogP contribution in [0.25, 0.3) is 0 Å². The van der Waals surface area contributed by atoms with Crippen molar-refractivity contribution in [1.29, 1.82) is 0 Å². The molecule has 1 aliphatic carbocycles. The highest BCUT2D eigenvalue weighted by Gasteiger charge is 2.54. The topological polar surface area (TPSA) is 18.5 Å². The van der Waals surface area contributed by atoms with Crippen molar-refractivity contribution in [2.24, 2.45) is 0 Å². The second kappa shape index (κ2) is 6.77. The SMILES string of the molecule is CCCCC(C)[Si](OCC)(OCC)C1CC1. The van der Waals surface area contributed by atoms with Crippen LogP contribution >= 0.6 is 0 Å². The van der Waals surface area contributed by atoms with E-state index in [9.17, 15) is 0 Å². The first-order chi connectivity index (χ1) is 7.71. The summed E-state index contributed by atoms with van der Waals surface area (Å²) in [6.07, 6.45) is 6.53. The molecule has 0 aliphatic heterocycles. The monoisotopic (exact) mass is 244 g/mol. The first-order valence-corrected chi connectivity index (χ1v) is 8.96. The molecule has 1 aliphatic rings. The summed E-state index contributed by atoms with van der Waals surface area (Å²) in [5.74, 6) is 0. The van der Waals surface area contributed by atoms with Crippen molar-refractivity contribution < 1.29 is 8.85 Å². The fourth-order valence-corrected chi connectivity index (χ4v) is 7.02. The van der Waals surface area contributed by atoms with E-state index in [0.29, 0.717) is 5.54 Å². The average Bonchev–Trinajstić information content (AvgIpc) is 3.09. The fraction of sp³-hybridized carbons (Fsp3) is 1.00. The van der Waals surface area contributed by atoms with Gasteiger partial charge in [0.1, 0.15) is 0 Å². The largest absolute Gasteiger partial charge is 0.394 e. The molecule has 1 saturated carbocycles. The molecule has 1 fully saturated rings. The number of hydrogen-bond acceptors (Lipinski definition) is 2. The zero-order valence-electron chi connectivity index (χ0n) is 11.4. The van der Waals surface area contributed by atoms with Gasteiger partial charge in [0.05, 0.1) is 0 Å². The van der Waals surface area contributed by atoms with Crippen molar-refractivity contribution in [3.63, 3.8) is 0 Å². The molecule has 1 rings (SSSR count). The van der Waals surface area contributed by atoms with E-state index in [-0.39, 0.29) is 0 Å². The molecule has 0 heterocycles. The van der Waals surface area contributed by atoms with Crippen molar-refractivity contribution in [1.82, 2.24) is 0 Å². The van der Waals surface area contributed by atoms with Crippen LogP contribution in [0, 0.1) is 0 Å². The average molecular weight is 244 g/mol. The van der Waals surface area contributed by atoms with E-state index < -0.39 is 8.56 Å². The molecule has 16 heavy (non-hydrogen) atoms. The van der Waals surface area contributed by atoms with E-state index in [4.69, 9.17) is 8.85 Å². The fourth-order valence-electron chi connectivity index (χ4n) is 2.61. The van der Waals surface area contributed by atoms with E-state index in [2.05, 4.69) is 27.7 Å². The number of hydrogen-bond donors (Lipinski definition) is 0. The summed E-state index contributed by atoms with van der Waals surface area (Å²) in [4.78, 5) is 0. The van der Waals surface area contributed by atoms with Gasteiger partial charge in [0, 0.05) is 24.3 Å². The van der Waals surface area contributed by atoms with E-state index in [1.54, 1.807) is 0 Å². The summed E-state index contributed by atoms with van der Waals surface area (Å²) in [5.41, 5.74) is 1.43. The Kier molecular flexibility index (Phi) is 6.01. The second-order valence-corrected chi connectivity index (χ2v) is 8.73. The molecule has 0 saturated heterocycles. The van der Waals surface area contributed by atoms with Crippen LogP contribution in [0.1, 0.15) is 59.8 Å². The van der Waals surface area contributed by atoms with Crippen molar-refractivity contribution >= 4 is 8.56 Å². The van der Waals surface area contributed by atoms with Gasteiger partial charge in [0.25, 0.3) is 0 Å². The van der Waals surface area contributed by atoms with Crippen LogP contribution < -0.4 is 0 Å². The van der Waals surface area contributed by atoms with Gasteiger partial charge in [-0.2, -0.15) is 0 Å². The normalized spacial score (nSPS) is 18.8. The Hall–Kier alpha value is 0.137. The summed E-state index contributed by atoms with van der Waals surface area (Å²) in [6, 6.07) is 0. The van der Waals surface area contributed by atoms with Gasteiger partial charge in [0.2, 0.25) is 0 Å². The van der Waals surface area contributed by atoms with Crippen LogP contribution in [0.5, 0.6) is 0 Å². The van der Waals surface area contributed by atoms with Gasteiger partial charge in [-0.1, -0.05) is 26.7 Å². The zero-order valence-corrected chi connectivity index (χ0v) is 12.4. The van der Waals surface area contributed by atoms with Gasteiger partial charge in [0.15, 0.2) is 0 Å². The van der Waals surface area contributed by atoms with Crippen LogP contribution in [-0.4, -0.2) is 21.8 Å². The third kappa shape index (κ3) is 3.31. The summed E-state index contributed by atoms with van der Waals surface area (Å²) >= 11 is 0. The Morgan fingerprint density at radius 1 is 1.12 bits per heavy atom. The Morgan fingerprint density at radius 2 is 1.69 bits per heavy atom. The summed E-state index contributed by atoms with van der Waals surface area (Å²) < 4.78 is 12.3. The molecule has 3 heteroatoms. The zero-order chi connectivity index (χ0) is 12.0. The molecule has 0 bridgehead atoms. The van der Waals surface area contributed by atoms with Gasteiger partial charge in [-0.05, 0) is 33.1 Å². The number of rotatable bonds is 9. The molecular formula is C13H28O2Si. The molecule has 1 atom stereocenters. The third-order valence-corrected chi connectivity index (χ3v) is 8.42. The molecule has 0 aromatic heterocycles. The smallest absolute Gasteiger partial charge is 0.344 e.